The molecule has 0 aliphatic carbocycles. The van der Waals surface area contributed by atoms with Crippen LogP contribution < -0.4 is 0 Å². The van der Waals surface area contributed by atoms with Gasteiger partial charge in [-0.1, -0.05) is 91.5 Å². The number of hydrogen-bond acceptors (Lipinski definition) is 6. The van der Waals surface area contributed by atoms with E-state index in [1.807, 2.05) is 66.1 Å². The molecule has 2 aromatic carbocycles. The summed E-state index contributed by atoms with van der Waals surface area (Å²) in [5.74, 6) is 1.09. The molecule has 7 heteroatoms. The number of carbonyl (C=O) groups is 1. The number of allylic oxidation sites excluding steroid dienone is 2. The van der Waals surface area contributed by atoms with Crippen molar-refractivity contribution in [3.05, 3.63) is 95.8 Å². The standard InChI is InChI=1S/C28H21N2OS.C15H28O2.Ir/c1-28(2,3)22-13-19(12-17-6-4-5-7-21(17)22)26-27-18(8-10-29-26)14-24(31-27)20-15-25-23(30-16-20)9-11-32-25;1-7-14(5,8-2)12(16)11-13(17)15(6,9-3)10-4;/h4-11,13-16H,1-3H3;11,16H,7-10H2,1-6H3;/q-1;;/b;12-11-;. The topological polar surface area (TPSA) is 76.2 Å². The number of thiophene rings is 1. The van der Waals surface area contributed by atoms with Gasteiger partial charge in [0.25, 0.3) is 0 Å². The summed E-state index contributed by atoms with van der Waals surface area (Å²) in [5.41, 5.74) is 5.20. The van der Waals surface area contributed by atoms with Gasteiger partial charge in [-0.15, -0.1) is 40.5 Å². The molecule has 0 atom stereocenters. The van der Waals surface area contributed by atoms with E-state index in [4.69, 9.17) is 9.40 Å². The van der Waals surface area contributed by atoms with E-state index in [-0.39, 0.29) is 47.9 Å². The van der Waals surface area contributed by atoms with Crippen LogP contribution in [0.5, 0.6) is 0 Å². The molecule has 0 bridgehead atoms. The normalized spacial score (nSPS) is 12.5. The second kappa shape index (κ2) is 15.7. The Balaban J connectivity index is 0.000000269. The number of aromatic nitrogens is 2. The molecule has 5 nitrogen and oxygen atoms in total. The maximum Gasteiger partial charge on any atom is 0.164 e. The third-order valence-electron chi connectivity index (χ3n) is 10.5. The van der Waals surface area contributed by atoms with Crippen molar-refractivity contribution in [2.75, 3.05) is 0 Å². The third-order valence-corrected chi connectivity index (χ3v) is 11.3. The second-order valence-electron chi connectivity index (χ2n) is 14.5. The fourth-order valence-corrected chi connectivity index (χ4v) is 6.72. The van der Waals surface area contributed by atoms with Crippen LogP contribution in [-0.2, 0) is 30.3 Å². The largest absolute Gasteiger partial charge is 0.512 e. The molecule has 0 aliphatic heterocycles. The predicted molar refractivity (Wildman–Crippen MR) is 206 cm³/mol. The summed E-state index contributed by atoms with van der Waals surface area (Å²) in [4.78, 5) is 21.5. The van der Waals surface area contributed by atoms with Crippen molar-refractivity contribution < 1.29 is 34.4 Å². The summed E-state index contributed by atoms with van der Waals surface area (Å²) in [6.45, 7) is 18.8. The molecule has 0 fully saturated rings. The molecule has 0 spiro atoms. The summed E-state index contributed by atoms with van der Waals surface area (Å²) in [6, 6.07) is 22.5. The number of hydrogen-bond donors (Lipinski definition) is 1. The van der Waals surface area contributed by atoms with Crippen LogP contribution in [0.3, 0.4) is 0 Å². The molecule has 6 aromatic rings. The first-order valence-electron chi connectivity index (χ1n) is 17.4. The quantitative estimate of drug-likeness (QED) is 0.0890. The van der Waals surface area contributed by atoms with Gasteiger partial charge in [0.15, 0.2) is 5.78 Å². The summed E-state index contributed by atoms with van der Waals surface area (Å²) in [5, 5.41) is 15.5. The average molecular weight is 866 g/mol. The van der Waals surface area contributed by atoms with E-state index in [2.05, 4.69) is 79.7 Å². The van der Waals surface area contributed by atoms with Crippen LogP contribution in [0.4, 0.5) is 0 Å². The van der Waals surface area contributed by atoms with Gasteiger partial charge in [-0.25, -0.2) is 0 Å². The van der Waals surface area contributed by atoms with Gasteiger partial charge in [0.05, 0.1) is 10.2 Å². The molecular weight excluding hydrogens is 817 g/mol. The van der Waals surface area contributed by atoms with Crippen LogP contribution in [0, 0.1) is 16.9 Å². The summed E-state index contributed by atoms with van der Waals surface area (Å²) in [6.07, 6.45) is 8.47. The first-order chi connectivity index (χ1) is 23.3. The molecule has 6 rings (SSSR count). The van der Waals surface area contributed by atoms with Crippen molar-refractivity contribution in [2.24, 2.45) is 10.8 Å². The summed E-state index contributed by atoms with van der Waals surface area (Å²) >= 11 is 1.69. The van der Waals surface area contributed by atoms with Gasteiger partial charge in [-0.05, 0) is 60.7 Å². The maximum atomic E-state index is 12.2. The van der Waals surface area contributed by atoms with Gasteiger partial charge in [0.1, 0.15) is 17.1 Å². The van der Waals surface area contributed by atoms with Crippen molar-refractivity contribution in [3.8, 4) is 22.6 Å². The number of furan rings is 1. The number of nitrogens with zero attached hydrogens (tertiary/aromatic N) is 2. The Morgan fingerprint density at radius 3 is 2.24 bits per heavy atom. The van der Waals surface area contributed by atoms with E-state index in [0.717, 1.165) is 74.8 Å². The Bertz CT molecular complexity index is 2130. The Hall–Kier alpha value is -3.64. The van der Waals surface area contributed by atoms with Crippen molar-refractivity contribution in [1.82, 2.24) is 9.97 Å². The van der Waals surface area contributed by atoms with Crippen molar-refractivity contribution in [2.45, 2.75) is 93.4 Å². The van der Waals surface area contributed by atoms with Crippen LogP contribution in [0.25, 0.3) is 54.5 Å². The molecule has 265 valence electrons. The maximum absolute atomic E-state index is 12.2. The number of ketones is 1. The molecule has 0 amide bonds. The van der Waals surface area contributed by atoms with E-state index in [1.165, 1.54) is 17.0 Å². The molecule has 4 aromatic heterocycles. The fraction of sp³-hybridized carbons (Fsp3) is 0.372. The summed E-state index contributed by atoms with van der Waals surface area (Å²) in [7, 11) is 0. The monoisotopic (exact) mass is 866 g/mol. The van der Waals surface area contributed by atoms with Gasteiger partial charge in [0, 0.05) is 66.0 Å². The molecular formula is C43H49IrN2O3S-. The number of rotatable bonds is 9. The Kier molecular flexibility index (Phi) is 12.3. The molecule has 0 saturated carbocycles. The van der Waals surface area contributed by atoms with E-state index >= 15 is 0 Å². The second-order valence-corrected chi connectivity index (χ2v) is 15.5. The molecule has 0 aliphatic rings. The van der Waals surface area contributed by atoms with Gasteiger partial charge in [0.2, 0.25) is 0 Å². The van der Waals surface area contributed by atoms with Crippen LogP contribution >= 0.6 is 11.3 Å². The minimum Gasteiger partial charge on any atom is -0.512 e. The number of benzene rings is 2. The number of pyridine rings is 2. The van der Waals surface area contributed by atoms with E-state index < -0.39 is 0 Å². The van der Waals surface area contributed by atoms with Crippen LogP contribution in [-0.4, -0.2) is 20.9 Å². The summed E-state index contributed by atoms with van der Waals surface area (Å²) < 4.78 is 7.54. The van der Waals surface area contributed by atoms with Gasteiger partial charge >= 0.3 is 0 Å². The minimum absolute atomic E-state index is 0. The number of fused-ring (bicyclic) bond motifs is 3. The predicted octanol–water partition coefficient (Wildman–Crippen LogP) is 12.7. The number of carbonyl (C=O) groups excluding carboxylic acids is 1. The zero-order chi connectivity index (χ0) is 35.6. The molecule has 1 radical (unpaired) electrons. The van der Waals surface area contributed by atoms with Gasteiger partial charge in [-0.2, -0.15) is 0 Å². The third kappa shape index (κ3) is 7.96. The fourth-order valence-electron chi connectivity index (χ4n) is 5.94. The zero-order valence-corrected chi connectivity index (χ0v) is 33.9. The smallest absolute Gasteiger partial charge is 0.164 e. The Labute approximate surface area is 314 Å². The molecule has 1 N–H and O–H groups in total. The van der Waals surface area contributed by atoms with Crippen molar-refractivity contribution in [1.29, 1.82) is 0 Å². The number of aliphatic hydroxyl groups is 1. The van der Waals surface area contributed by atoms with E-state index in [1.54, 1.807) is 11.3 Å². The number of aliphatic hydroxyl groups excluding tert-OH is 1. The van der Waals surface area contributed by atoms with E-state index in [9.17, 15) is 9.90 Å². The van der Waals surface area contributed by atoms with Crippen LogP contribution in [0.1, 0.15) is 93.6 Å². The van der Waals surface area contributed by atoms with Crippen LogP contribution in [0.15, 0.2) is 88.6 Å². The molecule has 0 unspecified atom stereocenters. The molecule has 0 saturated heterocycles. The Morgan fingerprint density at radius 2 is 1.58 bits per heavy atom. The average Bonchev–Trinajstić information content (AvgIpc) is 3.77. The SMILES string of the molecule is CC(C)(C)c1cc(-c2nccc3cc(-c4cnc5ccsc5c4)oc23)[c-]c2ccccc12.CCC(C)(CC)C(=O)/C=C(\O)C(C)(CC)CC.[Ir]. The van der Waals surface area contributed by atoms with Crippen LogP contribution in [0.2, 0.25) is 0 Å². The zero-order valence-electron chi connectivity index (χ0n) is 30.7. The molecule has 50 heavy (non-hydrogen) atoms. The molecule has 4 heterocycles. The van der Waals surface area contributed by atoms with Crippen molar-refractivity contribution in [3.63, 3.8) is 0 Å². The van der Waals surface area contributed by atoms with E-state index in [0.29, 0.717) is 0 Å². The first-order valence-corrected chi connectivity index (χ1v) is 18.3. The van der Waals surface area contributed by atoms with Gasteiger partial charge in [-0.3, -0.25) is 14.8 Å². The minimum atomic E-state index is -0.337. The Morgan fingerprint density at radius 1 is 0.900 bits per heavy atom. The van der Waals surface area contributed by atoms with Gasteiger partial charge < -0.3 is 9.52 Å². The first kappa shape index (κ1) is 39.2. The van der Waals surface area contributed by atoms with Crippen molar-refractivity contribution >= 4 is 49.1 Å².